The number of hydrogen-bond acceptors (Lipinski definition) is 5. The summed E-state index contributed by atoms with van der Waals surface area (Å²) in [5.74, 6) is -1.03. The Labute approximate surface area is 163 Å². The summed E-state index contributed by atoms with van der Waals surface area (Å²) < 4.78 is 9.84. The molecule has 0 atom stereocenters. The standard InChI is InChI=1S/C22H22N2O4/c1-16(2)24(18-7-4-3-5-8-18)19-12-10-17(11-13-19)23-21(25)15-28-22(26)20-9-6-14-27-20/h3-14,16H,15H2,1-2H3,(H,23,25). The van der Waals surface area contributed by atoms with Crippen molar-refractivity contribution >= 4 is 28.9 Å². The smallest absolute Gasteiger partial charge is 0.374 e. The Morgan fingerprint density at radius 3 is 2.25 bits per heavy atom. The molecule has 2 aromatic carbocycles. The molecule has 0 radical (unpaired) electrons. The number of hydrogen-bond donors (Lipinski definition) is 1. The molecule has 1 amide bonds. The van der Waals surface area contributed by atoms with Gasteiger partial charge in [0.15, 0.2) is 6.61 Å². The van der Waals surface area contributed by atoms with Crippen LogP contribution < -0.4 is 10.2 Å². The summed E-state index contributed by atoms with van der Waals surface area (Å²) in [4.78, 5) is 25.9. The Balaban J connectivity index is 1.60. The summed E-state index contributed by atoms with van der Waals surface area (Å²) >= 11 is 0. The molecule has 3 aromatic rings. The summed E-state index contributed by atoms with van der Waals surface area (Å²) in [6, 6.07) is 21.0. The topological polar surface area (TPSA) is 71.8 Å². The normalized spacial score (nSPS) is 10.5. The molecule has 6 heteroatoms. The SMILES string of the molecule is CC(C)N(c1ccccc1)c1ccc(NC(=O)COC(=O)c2ccco2)cc1. The number of esters is 1. The van der Waals surface area contributed by atoms with Crippen molar-refractivity contribution in [3.05, 3.63) is 78.8 Å². The molecule has 0 spiro atoms. The molecular formula is C22H22N2O4. The van der Waals surface area contributed by atoms with Gasteiger partial charge < -0.3 is 19.4 Å². The van der Waals surface area contributed by atoms with Crippen molar-refractivity contribution in [1.82, 2.24) is 0 Å². The second-order valence-electron chi connectivity index (χ2n) is 6.45. The third-order valence-electron chi connectivity index (χ3n) is 4.04. The van der Waals surface area contributed by atoms with Gasteiger partial charge >= 0.3 is 5.97 Å². The Morgan fingerprint density at radius 2 is 1.64 bits per heavy atom. The van der Waals surface area contributed by atoms with E-state index in [9.17, 15) is 9.59 Å². The average molecular weight is 378 g/mol. The number of rotatable bonds is 7. The summed E-state index contributed by atoms with van der Waals surface area (Å²) in [7, 11) is 0. The second-order valence-corrected chi connectivity index (χ2v) is 6.45. The van der Waals surface area contributed by atoms with Crippen molar-refractivity contribution in [1.29, 1.82) is 0 Å². The van der Waals surface area contributed by atoms with Gasteiger partial charge in [-0.05, 0) is 62.4 Å². The minimum Gasteiger partial charge on any atom is -0.457 e. The zero-order valence-electron chi connectivity index (χ0n) is 15.8. The van der Waals surface area contributed by atoms with Crippen LogP contribution in [-0.2, 0) is 9.53 Å². The maximum absolute atomic E-state index is 12.0. The van der Waals surface area contributed by atoms with Gasteiger partial charge in [-0.2, -0.15) is 0 Å². The molecule has 6 nitrogen and oxygen atoms in total. The van der Waals surface area contributed by atoms with Gasteiger partial charge in [0.05, 0.1) is 6.26 Å². The number of nitrogens with one attached hydrogen (secondary N) is 1. The lowest BCUT2D eigenvalue weighted by molar-refractivity contribution is -0.119. The van der Waals surface area contributed by atoms with Crippen LogP contribution in [0.15, 0.2) is 77.4 Å². The molecule has 0 bridgehead atoms. The van der Waals surface area contributed by atoms with Crippen molar-refractivity contribution in [3.8, 4) is 0 Å². The van der Waals surface area contributed by atoms with Crippen LogP contribution in [0.3, 0.4) is 0 Å². The van der Waals surface area contributed by atoms with Gasteiger partial charge in [0.25, 0.3) is 5.91 Å². The molecule has 0 saturated carbocycles. The third kappa shape index (κ3) is 4.79. The van der Waals surface area contributed by atoms with Crippen LogP contribution in [0, 0.1) is 0 Å². The van der Waals surface area contributed by atoms with Gasteiger partial charge in [-0.25, -0.2) is 4.79 Å². The van der Waals surface area contributed by atoms with Crippen molar-refractivity contribution in [2.24, 2.45) is 0 Å². The predicted octanol–water partition coefficient (Wildman–Crippen LogP) is 4.62. The predicted molar refractivity (Wildman–Crippen MR) is 108 cm³/mol. The first kappa shape index (κ1) is 19.2. The monoisotopic (exact) mass is 378 g/mol. The highest BCUT2D eigenvalue weighted by Crippen LogP contribution is 2.28. The fourth-order valence-corrected chi connectivity index (χ4v) is 2.83. The molecule has 0 aliphatic rings. The summed E-state index contributed by atoms with van der Waals surface area (Å²) in [5.41, 5.74) is 2.74. The number of furan rings is 1. The van der Waals surface area contributed by atoms with E-state index in [0.717, 1.165) is 11.4 Å². The van der Waals surface area contributed by atoms with E-state index in [1.165, 1.54) is 12.3 Å². The molecule has 0 aliphatic carbocycles. The fraction of sp³-hybridized carbons (Fsp3) is 0.182. The minimum atomic E-state index is -0.675. The quantitative estimate of drug-likeness (QED) is 0.607. The highest BCUT2D eigenvalue weighted by Gasteiger charge is 2.14. The van der Waals surface area contributed by atoms with E-state index < -0.39 is 11.9 Å². The van der Waals surface area contributed by atoms with E-state index in [2.05, 4.69) is 36.2 Å². The molecule has 1 N–H and O–H groups in total. The van der Waals surface area contributed by atoms with E-state index in [4.69, 9.17) is 9.15 Å². The van der Waals surface area contributed by atoms with E-state index in [-0.39, 0.29) is 18.4 Å². The fourth-order valence-electron chi connectivity index (χ4n) is 2.83. The van der Waals surface area contributed by atoms with Crippen molar-refractivity contribution in [3.63, 3.8) is 0 Å². The van der Waals surface area contributed by atoms with Crippen LogP contribution in [0.4, 0.5) is 17.1 Å². The largest absolute Gasteiger partial charge is 0.457 e. The van der Waals surface area contributed by atoms with Crippen LogP contribution in [0.2, 0.25) is 0 Å². The molecule has 0 unspecified atom stereocenters. The lowest BCUT2D eigenvalue weighted by atomic mass is 10.2. The molecule has 0 fully saturated rings. The van der Waals surface area contributed by atoms with Crippen LogP contribution in [-0.4, -0.2) is 24.5 Å². The maximum atomic E-state index is 12.0. The zero-order chi connectivity index (χ0) is 19.9. The van der Waals surface area contributed by atoms with Crippen molar-refractivity contribution in [2.75, 3.05) is 16.8 Å². The second kappa shape index (κ2) is 8.90. The van der Waals surface area contributed by atoms with Gasteiger partial charge in [-0.3, -0.25) is 4.79 Å². The Hall–Kier alpha value is -3.54. The number of ether oxygens (including phenoxy) is 1. The number of para-hydroxylation sites is 1. The number of amides is 1. The maximum Gasteiger partial charge on any atom is 0.374 e. The van der Waals surface area contributed by atoms with Crippen LogP contribution in [0.1, 0.15) is 24.4 Å². The summed E-state index contributed by atoms with van der Waals surface area (Å²) in [6.07, 6.45) is 1.37. The lowest BCUT2D eigenvalue weighted by Gasteiger charge is -2.29. The van der Waals surface area contributed by atoms with Gasteiger partial charge in [-0.1, -0.05) is 18.2 Å². The lowest BCUT2D eigenvalue weighted by Crippen LogP contribution is -2.25. The molecule has 144 valence electrons. The number of anilines is 3. The third-order valence-corrected chi connectivity index (χ3v) is 4.04. The van der Waals surface area contributed by atoms with Crippen LogP contribution in [0.5, 0.6) is 0 Å². The molecule has 1 heterocycles. The highest BCUT2D eigenvalue weighted by atomic mass is 16.5. The Bertz CT molecular complexity index is 903. The van der Waals surface area contributed by atoms with Crippen molar-refractivity contribution < 1.29 is 18.7 Å². The Morgan fingerprint density at radius 1 is 0.964 bits per heavy atom. The van der Waals surface area contributed by atoms with Gasteiger partial charge in [0.1, 0.15) is 0 Å². The molecule has 0 saturated heterocycles. The van der Waals surface area contributed by atoms with Gasteiger partial charge in [-0.15, -0.1) is 0 Å². The molecule has 0 aliphatic heterocycles. The molecule has 3 rings (SSSR count). The number of nitrogens with zero attached hydrogens (tertiary/aromatic N) is 1. The van der Waals surface area contributed by atoms with Gasteiger partial charge in [0, 0.05) is 23.1 Å². The summed E-state index contributed by atoms with van der Waals surface area (Å²) in [5, 5.41) is 2.71. The first-order valence-electron chi connectivity index (χ1n) is 8.99. The highest BCUT2D eigenvalue weighted by molar-refractivity contribution is 5.94. The van der Waals surface area contributed by atoms with E-state index >= 15 is 0 Å². The van der Waals surface area contributed by atoms with Crippen molar-refractivity contribution in [2.45, 2.75) is 19.9 Å². The number of carbonyl (C=O) groups excluding carboxylic acids is 2. The molecular weight excluding hydrogens is 356 g/mol. The number of benzene rings is 2. The zero-order valence-corrected chi connectivity index (χ0v) is 15.8. The van der Waals surface area contributed by atoms with Crippen LogP contribution in [0.25, 0.3) is 0 Å². The summed E-state index contributed by atoms with van der Waals surface area (Å²) in [6.45, 7) is 3.86. The van der Waals surface area contributed by atoms with Gasteiger partial charge in [0.2, 0.25) is 5.76 Å². The average Bonchev–Trinajstić information content (AvgIpc) is 3.23. The number of carbonyl (C=O) groups is 2. The van der Waals surface area contributed by atoms with E-state index in [0.29, 0.717) is 5.69 Å². The first-order chi connectivity index (χ1) is 13.5. The Kier molecular flexibility index (Phi) is 6.11. The first-order valence-corrected chi connectivity index (χ1v) is 8.99. The minimum absolute atomic E-state index is 0.0619. The van der Waals surface area contributed by atoms with E-state index in [1.807, 2.05) is 42.5 Å². The van der Waals surface area contributed by atoms with Crippen LogP contribution >= 0.6 is 0 Å². The molecule has 1 aromatic heterocycles. The molecule has 28 heavy (non-hydrogen) atoms. The van der Waals surface area contributed by atoms with E-state index in [1.54, 1.807) is 6.07 Å².